The third-order valence-corrected chi connectivity index (χ3v) is 7.92. The summed E-state index contributed by atoms with van der Waals surface area (Å²) in [5.41, 5.74) is 1.14. The Kier molecular flexibility index (Phi) is 9.48. The van der Waals surface area contributed by atoms with Gasteiger partial charge in [-0.2, -0.15) is 0 Å². The average Bonchev–Trinajstić information content (AvgIpc) is 3.66. The van der Waals surface area contributed by atoms with Gasteiger partial charge in [0, 0.05) is 11.4 Å². The van der Waals surface area contributed by atoms with Gasteiger partial charge in [-0.05, 0) is 75.8 Å². The molecule has 0 spiro atoms. The molecule has 4 rings (SSSR count). The molecular formula is C26H31FN6O2S2. The highest BCUT2D eigenvalue weighted by atomic mass is 32.2. The normalized spacial score (nSPS) is 12.2. The summed E-state index contributed by atoms with van der Waals surface area (Å²) in [5, 5.41) is 14.9. The topological polar surface area (TPSA) is 89.1 Å². The smallest absolute Gasteiger partial charge is 0.270 e. The molecule has 1 N–H and O–H groups in total. The predicted molar refractivity (Wildman–Crippen MR) is 145 cm³/mol. The molecular weight excluding hydrogens is 511 g/mol. The Hall–Kier alpha value is -3.02. The van der Waals surface area contributed by atoms with Crippen LogP contribution in [-0.2, 0) is 5.75 Å². The minimum atomic E-state index is -0.322. The van der Waals surface area contributed by atoms with E-state index in [1.54, 1.807) is 35.9 Å². The van der Waals surface area contributed by atoms with Crippen LogP contribution in [0.2, 0.25) is 0 Å². The Morgan fingerprint density at radius 1 is 1.22 bits per heavy atom. The first-order valence-electron chi connectivity index (χ1n) is 12.3. The third-order valence-electron chi connectivity index (χ3n) is 5.95. The van der Waals surface area contributed by atoms with Gasteiger partial charge in [0.05, 0.1) is 17.7 Å². The zero-order valence-electron chi connectivity index (χ0n) is 21.2. The van der Waals surface area contributed by atoms with Crippen LogP contribution in [0.4, 0.5) is 4.39 Å². The van der Waals surface area contributed by atoms with Crippen molar-refractivity contribution in [3.05, 3.63) is 64.6 Å². The Morgan fingerprint density at radius 2 is 2.00 bits per heavy atom. The molecule has 1 amide bonds. The van der Waals surface area contributed by atoms with E-state index in [-0.39, 0.29) is 17.8 Å². The van der Waals surface area contributed by atoms with E-state index in [2.05, 4.69) is 39.2 Å². The monoisotopic (exact) mass is 542 g/mol. The molecule has 3 heterocycles. The lowest BCUT2D eigenvalue weighted by Crippen LogP contribution is -2.33. The van der Waals surface area contributed by atoms with Gasteiger partial charge in [0.1, 0.15) is 16.5 Å². The maximum Gasteiger partial charge on any atom is 0.270 e. The lowest BCUT2D eigenvalue weighted by atomic mass is 10.1. The Bertz CT molecular complexity index is 1270. The van der Waals surface area contributed by atoms with E-state index in [1.165, 1.54) is 35.2 Å². The molecule has 0 aliphatic heterocycles. The molecule has 0 saturated heterocycles. The van der Waals surface area contributed by atoms with Crippen LogP contribution >= 0.6 is 23.1 Å². The molecule has 3 aromatic heterocycles. The van der Waals surface area contributed by atoms with Crippen molar-refractivity contribution >= 4 is 29.0 Å². The first-order valence-corrected chi connectivity index (χ1v) is 14.2. The van der Waals surface area contributed by atoms with E-state index in [0.717, 1.165) is 43.2 Å². The summed E-state index contributed by atoms with van der Waals surface area (Å²) in [5.74, 6) is 1.11. The summed E-state index contributed by atoms with van der Waals surface area (Å²) in [6, 6.07) is 9.79. The number of furan rings is 1. The van der Waals surface area contributed by atoms with Crippen molar-refractivity contribution in [2.24, 2.45) is 0 Å². The summed E-state index contributed by atoms with van der Waals surface area (Å²) in [4.78, 5) is 19.6. The van der Waals surface area contributed by atoms with Gasteiger partial charge in [-0.15, -0.1) is 21.5 Å². The molecule has 0 bridgehead atoms. The molecule has 196 valence electrons. The molecule has 1 atom stereocenters. The lowest BCUT2D eigenvalue weighted by Gasteiger charge is -2.19. The summed E-state index contributed by atoms with van der Waals surface area (Å²) >= 11 is 2.87. The summed E-state index contributed by atoms with van der Waals surface area (Å²) in [6.07, 6.45) is 3.53. The number of amides is 1. The molecule has 1 aromatic carbocycles. The van der Waals surface area contributed by atoms with Gasteiger partial charge in [-0.3, -0.25) is 9.36 Å². The van der Waals surface area contributed by atoms with Crippen LogP contribution in [0.1, 0.15) is 49.1 Å². The number of aromatic nitrogens is 4. The lowest BCUT2D eigenvalue weighted by molar-refractivity contribution is 0.0932. The average molecular weight is 543 g/mol. The highest BCUT2D eigenvalue weighted by Gasteiger charge is 2.19. The summed E-state index contributed by atoms with van der Waals surface area (Å²) < 4.78 is 20.9. The van der Waals surface area contributed by atoms with Crippen molar-refractivity contribution in [3.8, 4) is 17.3 Å². The first kappa shape index (κ1) is 27.0. The summed E-state index contributed by atoms with van der Waals surface area (Å²) in [6.45, 7) is 9.48. The molecule has 8 nitrogen and oxygen atoms in total. The largest absolute Gasteiger partial charge is 0.461 e. The zero-order valence-corrected chi connectivity index (χ0v) is 22.8. The van der Waals surface area contributed by atoms with Crippen LogP contribution in [0.5, 0.6) is 0 Å². The quantitative estimate of drug-likeness (QED) is 0.218. The van der Waals surface area contributed by atoms with E-state index in [0.29, 0.717) is 28.2 Å². The second kappa shape index (κ2) is 13.0. The number of thiazole rings is 1. The van der Waals surface area contributed by atoms with E-state index >= 15 is 0 Å². The van der Waals surface area contributed by atoms with Gasteiger partial charge in [0.15, 0.2) is 10.9 Å². The second-order valence-electron chi connectivity index (χ2n) is 8.55. The van der Waals surface area contributed by atoms with Gasteiger partial charge < -0.3 is 14.6 Å². The zero-order chi connectivity index (χ0) is 26.2. The molecule has 1 unspecified atom stereocenters. The van der Waals surface area contributed by atoms with E-state index < -0.39 is 0 Å². The minimum absolute atomic E-state index is 0.0804. The van der Waals surface area contributed by atoms with Crippen molar-refractivity contribution in [1.29, 1.82) is 0 Å². The second-order valence-corrected chi connectivity index (χ2v) is 10.4. The molecule has 0 aliphatic carbocycles. The molecule has 4 aromatic rings. The van der Waals surface area contributed by atoms with Crippen LogP contribution in [0, 0.1) is 5.82 Å². The van der Waals surface area contributed by atoms with E-state index in [4.69, 9.17) is 4.42 Å². The first-order chi connectivity index (χ1) is 18.0. The van der Waals surface area contributed by atoms with Crippen LogP contribution in [0.25, 0.3) is 17.3 Å². The number of carbonyl (C=O) groups excluding carboxylic acids is 1. The highest BCUT2D eigenvalue weighted by molar-refractivity contribution is 7.98. The molecule has 37 heavy (non-hydrogen) atoms. The van der Waals surface area contributed by atoms with E-state index in [9.17, 15) is 9.18 Å². The fraction of sp³-hybridized carbons (Fsp3) is 0.385. The fourth-order valence-corrected chi connectivity index (χ4v) is 5.63. The van der Waals surface area contributed by atoms with Gasteiger partial charge in [-0.1, -0.05) is 25.6 Å². The number of halogens is 1. The maximum absolute atomic E-state index is 13.5. The minimum Gasteiger partial charge on any atom is -0.461 e. The van der Waals surface area contributed by atoms with Gasteiger partial charge in [0.2, 0.25) is 5.82 Å². The van der Waals surface area contributed by atoms with Crippen molar-refractivity contribution in [2.75, 3.05) is 19.6 Å². The van der Waals surface area contributed by atoms with Crippen LogP contribution in [0.15, 0.2) is 57.6 Å². The molecule has 0 aliphatic rings. The number of carbonyl (C=O) groups is 1. The van der Waals surface area contributed by atoms with Gasteiger partial charge in [0.25, 0.3) is 5.91 Å². The maximum atomic E-state index is 13.5. The number of rotatable bonds is 13. The number of thioether (sulfide) groups is 1. The van der Waals surface area contributed by atoms with Crippen molar-refractivity contribution in [1.82, 2.24) is 30.0 Å². The highest BCUT2D eigenvalue weighted by Crippen LogP contribution is 2.30. The van der Waals surface area contributed by atoms with Gasteiger partial charge >= 0.3 is 0 Å². The van der Waals surface area contributed by atoms with Crippen molar-refractivity contribution < 1.29 is 13.6 Å². The third kappa shape index (κ3) is 7.06. The van der Waals surface area contributed by atoms with Crippen LogP contribution < -0.4 is 5.32 Å². The number of nitrogens with one attached hydrogen (secondary N) is 1. The molecule has 0 radical (unpaired) electrons. The predicted octanol–water partition coefficient (Wildman–Crippen LogP) is 5.66. The molecule has 0 fully saturated rings. The standard InChI is InChI=1S/C26H31FN6O2S2/c1-4-32(5-2)14-6-8-18(3)28-25(34)21-16-36-23(29-21)17-37-26-31-30-24(22-9-7-15-35-22)33(26)20-12-10-19(27)11-13-20/h7,9-13,15-16,18H,4-6,8,14,17H2,1-3H3,(H,28,34). The molecule has 11 heteroatoms. The summed E-state index contributed by atoms with van der Waals surface area (Å²) in [7, 11) is 0. The number of hydrogen-bond acceptors (Lipinski definition) is 8. The van der Waals surface area contributed by atoms with Crippen LogP contribution in [0.3, 0.4) is 0 Å². The Balaban J connectivity index is 1.38. The number of nitrogens with zero attached hydrogens (tertiary/aromatic N) is 5. The Labute approximate surface area is 224 Å². The Morgan fingerprint density at radius 3 is 2.70 bits per heavy atom. The van der Waals surface area contributed by atoms with Crippen molar-refractivity contribution in [3.63, 3.8) is 0 Å². The van der Waals surface area contributed by atoms with Crippen molar-refractivity contribution in [2.45, 2.75) is 50.6 Å². The number of hydrogen-bond donors (Lipinski definition) is 1. The van der Waals surface area contributed by atoms with E-state index in [1.807, 2.05) is 11.5 Å². The SMILES string of the molecule is CCN(CC)CCCC(C)NC(=O)c1csc(CSc2nnc(-c3ccco3)n2-c2ccc(F)cc2)n1. The fourth-order valence-electron chi connectivity index (χ4n) is 3.89. The van der Waals surface area contributed by atoms with Gasteiger partial charge in [-0.25, -0.2) is 9.37 Å². The van der Waals surface area contributed by atoms with Crippen LogP contribution in [-0.4, -0.2) is 56.2 Å². The number of benzene rings is 1. The molecule has 0 saturated carbocycles.